The van der Waals surface area contributed by atoms with E-state index in [1.807, 2.05) is 0 Å². The molecule has 51 heavy (non-hydrogen) atoms. The van der Waals surface area contributed by atoms with Gasteiger partial charge < -0.3 is 29.7 Å². The molecule has 0 spiro atoms. The number of hydrogen-bond acceptors (Lipinski definition) is 11. The van der Waals surface area contributed by atoms with Gasteiger partial charge in [-0.2, -0.15) is 4.31 Å². The Balaban J connectivity index is 1.01. The largest absolute Gasteiger partial charge is 0.477 e. The monoisotopic (exact) mass is 754 g/mol. The van der Waals surface area contributed by atoms with Crippen LogP contribution in [-0.2, 0) is 10.0 Å². The number of anilines is 2. The molecule has 1 saturated heterocycles. The quantitative estimate of drug-likeness (QED) is 0.147. The Morgan fingerprint density at radius 2 is 1.96 bits per heavy atom. The maximum atomic E-state index is 15.6. The number of ether oxygens (including phenoxy) is 1. The number of aliphatic hydroxyl groups excluding tert-OH is 1. The molecule has 1 aliphatic heterocycles. The fourth-order valence-corrected chi connectivity index (χ4v) is 8.96. The molecule has 4 heterocycles. The third-order valence-corrected chi connectivity index (χ3v) is 12.5. The second kappa shape index (κ2) is 13.8. The van der Waals surface area contributed by atoms with Crippen LogP contribution < -0.4 is 20.4 Å². The Kier molecular flexibility index (Phi) is 9.45. The van der Waals surface area contributed by atoms with Gasteiger partial charge in [-0.05, 0) is 54.5 Å². The highest BCUT2D eigenvalue weighted by Gasteiger charge is 2.32. The van der Waals surface area contributed by atoms with Gasteiger partial charge in [-0.25, -0.2) is 27.6 Å². The summed E-state index contributed by atoms with van der Waals surface area (Å²) in [5, 5.41) is 25.3. The van der Waals surface area contributed by atoms with Crippen molar-refractivity contribution in [3.63, 3.8) is 0 Å². The molecular weight excluding hydrogens is 723 g/mol. The van der Waals surface area contributed by atoms with Crippen LogP contribution in [0.5, 0.6) is 11.6 Å². The maximum Gasteiger partial charge on any atom is 0.341 e. The van der Waals surface area contributed by atoms with Crippen molar-refractivity contribution in [2.45, 2.75) is 41.7 Å². The topological polar surface area (TPSA) is 167 Å². The molecule has 2 fully saturated rings. The number of pyridine rings is 1. The summed E-state index contributed by atoms with van der Waals surface area (Å²) in [5.41, 5.74) is -0.201. The summed E-state index contributed by atoms with van der Waals surface area (Å²) in [6.45, 7) is 0.703. The first-order valence-electron chi connectivity index (χ1n) is 16.0. The number of aromatic carboxylic acids is 1. The molecule has 3 aromatic heterocycles. The van der Waals surface area contributed by atoms with E-state index in [4.69, 9.17) is 16.3 Å². The number of thiophene rings is 1. The van der Waals surface area contributed by atoms with Crippen LogP contribution in [0.2, 0.25) is 5.02 Å². The number of halogens is 2. The van der Waals surface area contributed by atoms with Gasteiger partial charge in [0.1, 0.15) is 33.5 Å². The molecule has 0 radical (unpaired) electrons. The molecule has 7 rings (SSSR count). The number of carboxylic acid groups (broad SMARTS) is 1. The van der Waals surface area contributed by atoms with Gasteiger partial charge in [0, 0.05) is 51.0 Å². The zero-order valence-electron chi connectivity index (χ0n) is 27.1. The van der Waals surface area contributed by atoms with Crippen molar-refractivity contribution in [1.29, 1.82) is 0 Å². The Morgan fingerprint density at radius 1 is 1.20 bits per heavy atom. The van der Waals surface area contributed by atoms with Gasteiger partial charge in [-0.1, -0.05) is 29.8 Å². The lowest BCUT2D eigenvalue weighted by Crippen LogP contribution is -2.30. The van der Waals surface area contributed by atoms with Gasteiger partial charge >= 0.3 is 5.97 Å². The van der Waals surface area contributed by atoms with Gasteiger partial charge in [0.15, 0.2) is 0 Å². The van der Waals surface area contributed by atoms with Crippen molar-refractivity contribution in [1.82, 2.24) is 18.8 Å². The number of nitrogens with zero attached hydrogens (tertiary/aromatic N) is 5. The number of rotatable bonds is 12. The molecule has 3 N–H and O–H groups in total. The standard InChI is InChI=1S/C34H32ClFN6O7S2/c1-40(51(47,48)29-3-2-12-50-29)17-26(43)19-4-8-22(9-5-19)49-28-14-27(37-18-38-28)39-20-10-11-41(15-20)32-25(36)13-23-31(30(32)35)42(21-6-7-21)16-24(33(23)44)34(45)46/h2-5,8-9,12-14,16,18,20-21,26,43H,6-7,10-11,15,17H2,1H3,(H,45,46)(H,37,38,39)/t20?,26-/m0/s1. The minimum atomic E-state index is -3.70. The molecule has 1 saturated carbocycles. The summed E-state index contributed by atoms with van der Waals surface area (Å²) in [5.74, 6) is -0.921. The number of hydrogen-bond donors (Lipinski definition) is 3. The smallest absolute Gasteiger partial charge is 0.341 e. The molecule has 17 heteroatoms. The normalized spacial score (nSPS) is 16.9. The fraction of sp³-hybridized carbons (Fsp3) is 0.294. The van der Waals surface area contributed by atoms with Crippen LogP contribution in [0.4, 0.5) is 15.9 Å². The van der Waals surface area contributed by atoms with E-state index in [1.165, 1.54) is 25.6 Å². The minimum Gasteiger partial charge on any atom is -0.477 e. The summed E-state index contributed by atoms with van der Waals surface area (Å²) in [4.78, 5) is 35.0. The highest BCUT2D eigenvalue weighted by Crippen LogP contribution is 2.43. The number of sulfonamides is 1. The van der Waals surface area contributed by atoms with Gasteiger partial charge in [0.2, 0.25) is 11.3 Å². The summed E-state index contributed by atoms with van der Waals surface area (Å²) in [6, 6.07) is 12.3. The van der Waals surface area contributed by atoms with Crippen molar-refractivity contribution < 1.29 is 32.6 Å². The van der Waals surface area contributed by atoms with E-state index in [0.717, 1.165) is 34.6 Å². The summed E-state index contributed by atoms with van der Waals surface area (Å²) >= 11 is 7.92. The van der Waals surface area contributed by atoms with Gasteiger partial charge in [-0.3, -0.25) is 4.79 Å². The first-order valence-corrected chi connectivity index (χ1v) is 18.7. The van der Waals surface area contributed by atoms with Gasteiger partial charge in [-0.15, -0.1) is 11.3 Å². The molecule has 5 aromatic rings. The minimum absolute atomic E-state index is 0.0106. The lowest BCUT2D eigenvalue weighted by Gasteiger charge is -2.23. The zero-order chi connectivity index (χ0) is 36.0. The fourth-order valence-electron chi connectivity index (χ4n) is 6.17. The molecule has 13 nitrogen and oxygen atoms in total. The van der Waals surface area contributed by atoms with Crippen LogP contribution in [0.25, 0.3) is 10.9 Å². The molecule has 2 aliphatic rings. The van der Waals surface area contributed by atoms with Crippen molar-refractivity contribution in [2.75, 3.05) is 36.9 Å². The first-order chi connectivity index (χ1) is 24.4. The van der Waals surface area contributed by atoms with Crippen molar-refractivity contribution in [2.24, 2.45) is 0 Å². The van der Waals surface area contributed by atoms with E-state index in [2.05, 4.69) is 15.3 Å². The molecule has 0 amide bonds. The number of nitrogens with one attached hydrogen (secondary N) is 1. The maximum absolute atomic E-state index is 15.6. The SMILES string of the molecule is CN(C[C@H](O)c1ccc(Oc2cc(NC3CCN(c4c(F)cc5c(=O)c(C(=O)O)cn(C6CC6)c5c4Cl)C3)ncn2)cc1)S(=O)(=O)c1cccs1. The first kappa shape index (κ1) is 34.8. The molecule has 266 valence electrons. The molecule has 1 unspecified atom stereocenters. The number of aromatic nitrogens is 3. The molecule has 2 atom stereocenters. The molecule has 1 aliphatic carbocycles. The van der Waals surface area contributed by atoms with E-state index in [1.54, 1.807) is 51.2 Å². The van der Waals surface area contributed by atoms with E-state index >= 15 is 4.39 Å². The third kappa shape index (κ3) is 7.01. The average molecular weight is 755 g/mol. The number of carboxylic acids is 1. The number of fused-ring (bicyclic) bond motifs is 1. The van der Waals surface area contributed by atoms with Gasteiger partial charge in [0.05, 0.1) is 27.7 Å². The zero-order valence-corrected chi connectivity index (χ0v) is 29.5. The molecule has 0 bridgehead atoms. The number of benzene rings is 2. The van der Waals surface area contributed by atoms with E-state index in [-0.39, 0.29) is 44.8 Å². The summed E-state index contributed by atoms with van der Waals surface area (Å²) < 4.78 is 50.0. The van der Waals surface area contributed by atoms with E-state index in [9.17, 15) is 28.2 Å². The van der Waals surface area contributed by atoms with Gasteiger partial charge in [0.25, 0.3) is 10.0 Å². The molecule has 2 aromatic carbocycles. The Bertz CT molecular complexity index is 2290. The summed E-state index contributed by atoms with van der Waals surface area (Å²) in [7, 11) is -2.28. The molecular formula is C34H32ClFN6O7S2. The van der Waals surface area contributed by atoms with Crippen molar-refractivity contribution in [3.8, 4) is 11.6 Å². The third-order valence-electron chi connectivity index (χ3n) is 8.93. The predicted octanol–water partition coefficient (Wildman–Crippen LogP) is 5.52. The number of aliphatic hydroxyl groups is 1. The lowest BCUT2D eigenvalue weighted by atomic mass is 10.1. The van der Waals surface area contributed by atoms with Crippen LogP contribution in [0.3, 0.4) is 0 Å². The Labute approximate surface area is 300 Å². The van der Waals surface area contributed by atoms with Crippen LogP contribution in [0.15, 0.2) is 75.4 Å². The lowest BCUT2D eigenvalue weighted by molar-refractivity contribution is 0.0694. The average Bonchev–Trinajstić information content (AvgIpc) is 3.57. The Morgan fingerprint density at radius 3 is 2.65 bits per heavy atom. The Hall–Kier alpha value is -4.61. The second-order valence-corrected chi connectivity index (χ2v) is 16.1. The highest BCUT2D eigenvalue weighted by molar-refractivity contribution is 7.91. The van der Waals surface area contributed by atoms with Crippen LogP contribution in [0, 0.1) is 5.82 Å². The highest BCUT2D eigenvalue weighted by atomic mass is 35.5. The number of likely N-dealkylation sites (N-methyl/N-ethyl adjacent to an activating group) is 1. The van der Waals surface area contributed by atoms with E-state index in [0.29, 0.717) is 42.2 Å². The van der Waals surface area contributed by atoms with Crippen LogP contribution in [0.1, 0.15) is 47.3 Å². The second-order valence-electron chi connectivity index (χ2n) is 12.5. The summed E-state index contributed by atoms with van der Waals surface area (Å²) in [6.07, 6.45) is 3.81. The van der Waals surface area contributed by atoms with Crippen LogP contribution >= 0.6 is 22.9 Å². The van der Waals surface area contributed by atoms with Crippen LogP contribution in [-0.4, -0.2) is 76.2 Å². The van der Waals surface area contributed by atoms with Crippen molar-refractivity contribution in [3.05, 3.63) is 98.6 Å². The van der Waals surface area contributed by atoms with Crippen molar-refractivity contribution >= 4 is 61.3 Å². The number of carbonyl (C=O) groups is 1. The predicted molar refractivity (Wildman–Crippen MR) is 190 cm³/mol. The van der Waals surface area contributed by atoms with E-state index < -0.39 is 38.9 Å².